The molecule has 0 unspecified atom stereocenters. The first kappa shape index (κ1) is 17.2. The zero-order chi connectivity index (χ0) is 16.5. The van der Waals surface area contributed by atoms with Crippen molar-refractivity contribution < 1.29 is 9.90 Å². The maximum atomic E-state index is 12.2. The van der Waals surface area contributed by atoms with E-state index >= 15 is 0 Å². The molecule has 0 spiro atoms. The van der Waals surface area contributed by atoms with Crippen LogP contribution in [0.15, 0.2) is 54.6 Å². The minimum Gasteiger partial charge on any atom is -0.395 e. The van der Waals surface area contributed by atoms with Gasteiger partial charge in [0.05, 0.1) is 13.2 Å². The third kappa shape index (κ3) is 6.22. The Morgan fingerprint density at radius 3 is 2.39 bits per heavy atom. The fraction of sp³-hybridized carbons (Fsp3) is 0.316. The molecule has 122 valence electrons. The molecular formula is C19H24N2O2. The molecule has 1 amide bonds. The summed E-state index contributed by atoms with van der Waals surface area (Å²) in [5.74, 6) is -0.0598. The van der Waals surface area contributed by atoms with Crippen LogP contribution in [0, 0.1) is 6.92 Å². The lowest BCUT2D eigenvalue weighted by atomic mass is 10.1. The number of anilines is 1. The predicted molar refractivity (Wildman–Crippen MR) is 93.5 cm³/mol. The molecule has 2 N–H and O–H groups in total. The fourth-order valence-electron chi connectivity index (χ4n) is 2.38. The van der Waals surface area contributed by atoms with Crippen molar-refractivity contribution in [3.05, 3.63) is 65.7 Å². The quantitative estimate of drug-likeness (QED) is 0.787. The van der Waals surface area contributed by atoms with E-state index in [1.54, 1.807) is 0 Å². The number of aliphatic hydroxyl groups is 1. The summed E-state index contributed by atoms with van der Waals surface area (Å²) >= 11 is 0. The second-order valence-corrected chi connectivity index (χ2v) is 5.65. The topological polar surface area (TPSA) is 52.6 Å². The number of hydrogen-bond donors (Lipinski definition) is 2. The van der Waals surface area contributed by atoms with Gasteiger partial charge in [-0.25, -0.2) is 0 Å². The molecule has 0 aliphatic rings. The molecule has 0 aliphatic heterocycles. The van der Waals surface area contributed by atoms with Gasteiger partial charge in [-0.2, -0.15) is 0 Å². The number of amides is 1. The summed E-state index contributed by atoms with van der Waals surface area (Å²) in [7, 11) is 0. The largest absolute Gasteiger partial charge is 0.395 e. The minimum atomic E-state index is -0.0598. The Balaban J connectivity index is 1.85. The van der Waals surface area contributed by atoms with E-state index in [4.69, 9.17) is 0 Å². The number of aryl methyl sites for hydroxylation is 1. The molecule has 2 aromatic carbocycles. The highest BCUT2D eigenvalue weighted by atomic mass is 16.3. The number of aliphatic hydroxyl groups excluding tert-OH is 1. The molecule has 0 aromatic heterocycles. The molecule has 23 heavy (non-hydrogen) atoms. The van der Waals surface area contributed by atoms with Crippen LogP contribution in [0.3, 0.4) is 0 Å². The first-order valence-electron chi connectivity index (χ1n) is 7.91. The highest BCUT2D eigenvalue weighted by molar-refractivity contribution is 5.92. The summed E-state index contributed by atoms with van der Waals surface area (Å²) in [6.07, 6.45) is 0.860. The van der Waals surface area contributed by atoms with Gasteiger partial charge in [0.2, 0.25) is 5.91 Å². The van der Waals surface area contributed by atoms with Gasteiger partial charge in [0.25, 0.3) is 0 Å². The number of nitrogens with one attached hydrogen (secondary N) is 1. The van der Waals surface area contributed by atoms with Gasteiger partial charge < -0.3 is 10.4 Å². The number of hydrogen-bond acceptors (Lipinski definition) is 3. The van der Waals surface area contributed by atoms with Crippen molar-refractivity contribution in [2.75, 3.05) is 31.6 Å². The van der Waals surface area contributed by atoms with E-state index in [1.807, 2.05) is 54.3 Å². The van der Waals surface area contributed by atoms with Crippen molar-refractivity contribution in [2.45, 2.75) is 13.3 Å². The lowest BCUT2D eigenvalue weighted by Crippen LogP contribution is -2.36. The summed E-state index contributed by atoms with van der Waals surface area (Å²) in [4.78, 5) is 14.1. The second-order valence-electron chi connectivity index (χ2n) is 5.65. The van der Waals surface area contributed by atoms with Gasteiger partial charge in [0.1, 0.15) is 0 Å². The SMILES string of the molecule is Cc1ccc(NC(=O)CN(CCO)CCc2ccccc2)cc1. The van der Waals surface area contributed by atoms with Crippen LogP contribution in [0.2, 0.25) is 0 Å². The van der Waals surface area contributed by atoms with Crippen molar-refractivity contribution in [2.24, 2.45) is 0 Å². The molecular weight excluding hydrogens is 288 g/mol. The number of carbonyl (C=O) groups excluding carboxylic acids is 1. The zero-order valence-electron chi connectivity index (χ0n) is 13.5. The first-order chi connectivity index (χ1) is 11.2. The van der Waals surface area contributed by atoms with E-state index in [9.17, 15) is 9.90 Å². The number of benzene rings is 2. The molecule has 0 aliphatic carbocycles. The Morgan fingerprint density at radius 2 is 1.74 bits per heavy atom. The lowest BCUT2D eigenvalue weighted by Gasteiger charge is -2.20. The minimum absolute atomic E-state index is 0.0482. The van der Waals surface area contributed by atoms with Crippen molar-refractivity contribution in [3.8, 4) is 0 Å². The van der Waals surface area contributed by atoms with Gasteiger partial charge in [0.15, 0.2) is 0 Å². The highest BCUT2D eigenvalue weighted by Gasteiger charge is 2.10. The molecule has 0 saturated carbocycles. The molecule has 4 heteroatoms. The number of carbonyl (C=O) groups is 1. The van der Waals surface area contributed by atoms with Gasteiger partial charge in [-0.1, -0.05) is 48.0 Å². The van der Waals surface area contributed by atoms with E-state index < -0.39 is 0 Å². The molecule has 4 nitrogen and oxygen atoms in total. The Bertz CT molecular complexity index is 597. The van der Waals surface area contributed by atoms with Crippen LogP contribution in [0.1, 0.15) is 11.1 Å². The standard InChI is InChI=1S/C19H24N2O2/c1-16-7-9-18(10-8-16)20-19(23)15-21(13-14-22)12-11-17-5-3-2-4-6-17/h2-10,22H,11-15H2,1H3,(H,20,23). The maximum Gasteiger partial charge on any atom is 0.238 e. The maximum absolute atomic E-state index is 12.2. The summed E-state index contributed by atoms with van der Waals surface area (Å²) < 4.78 is 0. The Morgan fingerprint density at radius 1 is 1.04 bits per heavy atom. The Labute approximate surface area is 137 Å². The predicted octanol–water partition coefficient (Wildman–Crippen LogP) is 2.47. The lowest BCUT2D eigenvalue weighted by molar-refractivity contribution is -0.117. The fourth-order valence-corrected chi connectivity index (χ4v) is 2.38. The smallest absolute Gasteiger partial charge is 0.238 e. The molecule has 2 rings (SSSR count). The summed E-state index contributed by atoms with van der Waals surface area (Å²) in [5.41, 5.74) is 3.19. The van der Waals surface area contributed by atoms with E-state index in [0.717, 1.165) is 24.2 Å². The third-order valence-corrected chi connectivity index (χ3v) is 3.68. The molecule has 0 fully saturated rings. The van der Waals surface area contributed by atoms with Crippen LogP contribution in [-0.2, 0) is 11.2 Å². The molecule has 0 radical (unpaired) electrons. The van der Waals surface area contributed by atoms with Crippen molar-refractivity contribution >= 4 is 11.6 Å². The number of nitrogens with zero attached hydrogens (tertiary/aromatic N) is 1. The molecule has 0 bridgehead atoms. The van der Waals surface area contributed by atoms with Gasteiger partial charge in [-0.05, 0) is 31.0 Å². The second kappa shape index (κ2) is 9.08. The highest BCUT2D eigenvalue weighted by Crippen LogP contribution is 2.08. The van der Waals surface area contributed by atoms with Gasteiger partial charge in [-0.3, -0.25) is 9.69 Å². The molecule has 0 atom stereocenters. The summed E-state index contributed by atoms with van der Waals surface area (Å²) in [5, 5.41) is 12.1. The van der Waals surface area contributed by atoms with Crippen molar-refractivity contribution in [1.29, 1.82) is 0 Å². The average molecular weight is 312 g/mol. The number of rotatable bonds is 8. The normalized spacial score (nSPS) is 10.7. The van der Waals surface area contributed by atoms with E-state index in [-0.39, 0.29) is 19.1 Å². The summed E-state index contributed by atoms with van der Waals surface area (Å²) in [6, 6.07) is 17.9. The Hall–Kier alpha value is -2.17. The van der Waals surface area contributed by atoms with Crippen LogP contribution in [0.25, 0.3) is 0 Å². The third-order valence-electron chi connectivity index (χ3n) is 3.68. The average Bonchev–Trinajstić information content (AvgIpc) is 2.56. The van der Waals surface area contributed by atoms with E-state index in [1.165, 1.54) is 5.56 Å². The van der Waals surface area contributed by atoms with E-state index in [2.05, 4.69) is 17.4 Å². The van der Waals surface area contributed by atoms with Crippen molar-refractivity contribution in [3.63, 3.8) is 0 Å². The van der Waals surface area contributed by atoms with Gasteiger partial charge >= 0.3 is 0 Å². The van der Waals surface area contributed by atoms with Gasteiger partial charge in [0, 0.05) is 18.8 Å². The first-order valence-corrected chi connectivity index (χ1v) is 7.91. The van der Waals surface area contributed by atoms with Crippen LogP contribution in [0.5, 0.6) is 0 Å². The molecule has 0 heterocycles. The van der Waals surface area contributed by atoms with Gasteiger partial charge in [-0.15, -0.1) is 0 Å². The van der Waals surface area contributed by atoms with Crippen molar-refractivity contribution in [1.82, 2.24) is 4.90 Å². The monoisotopic (exact) mass is 312 g/mol. The Kier molecular flexibility index (Phi) is 6.78. The molecule has 2 aromatic rings. The van der Waals surface area contributed by atoms with Crippen LogP contribution >= 0.6 is 0 Å². The van der Waals surface area contributed by atoms with Crippen LogP contribution in [-0.4, -0.2) is 42.2 Å². The zero-order valence-corrected chi connectivity index (χ0v) is 13.5. The van der Waals surface area contributed by atoms with E-state index in [0.29, 0.717) is 6.54 Å². The molecule has 0 saturated heterocycles. The van der Waals surface area contributed by atoms with Crippen LogP contribution in [0.4, 0.5) is 5.69 Å². The van der Waals surface area contributed by atoms with Crippen LogP contribution < -0.4 is 5.32 Å². The summed E-state index contributed by atoms with van der Waals surface area (Å²) in [6.45, 7) is 3.58.